The molecule has 2 aromatic carbocycles. The third-order valence-electron chi connectivity index (χ3n) is 3.89. The van der Waals surface area contributed by atoms with Crippen LogP contribution < -0.4 is 15.4 Å². The summed E-state index contributed by atoms with van der Waals surface area (Å²) in [5.74, 6) is 1.62. The summed E-state index contributed by atoms with van der Waals surface area (Å²) < 4.78 is 10.9. The Balaban J connectivity index is 0.00000338. The third-order valence-corrected chi connectivity index (χ3v) is 3.89. The number of rotatable bonds is 8. The molecule has 0 saturated heterocycles. The number of hydrogen-bond acceptors (Lipinski definition) is 3. The van der Waals surface area contributed by atoms with Crippen molar-refractivity contribution in [3.8, 4) is 5.75 Å². The van der Waals surface area contributed by atoms with E-state index in [4.69, 9.17) is 9.47 Å². The topological polar surface area (TPSA) is 54.9 Å². The molecule has 5 nitrogen and oxygen atoms in total. The van der Waals surface area contributed by atoms with Crippen LogP contribution in [-0.4, -0.2) is 26.7 Å². The van der Waals surface area contributed by atoms with E-state index in [9.17, 15) is 0 Å². The predicted octanol–water partition coefficient (Wildman–Crippen LogP) is 3.71. The molecule has 0 amide bonds. The van der Waals surface area contributed by atoms with E-state index in [2.05, 4.69) is 27.8 Å². The van der Waals surface area contributed by atoms with Crippen molar-refractivity contribution < 1.29 is 9.47 Å². The first-order valence-electron chi connectivity index (χ1n) is 8.49. The van der Waals surface area contributed by atoms with E-state index in [1.807, 2.05) is 43.3 Å². The largest absolute Gasteiger partial charge is 0.496 e. The van der Waals surface area contributed by atoms with Crippen LogP contribution >= 0.6 is 24.0 Å². The number of nitrogens with one attached hydrogen (secondary N) is 2. The lowest BCUT2D eigenvalue weighted by Gasteiger charge is -2.15. The van der Waals surface area contributed by atoms with E-state index in [0.717, 1.165) is 17.3 Å². The molecule has 0 fully saturated rings. The summed E-state index contributed by atoms with van der Waals surface area (Å²) in [6.07, 6.45) is 0. The van der Waals surface area contributed by atoms with Gasteiger partial charge in [-0.05, 0) is 24.1 Å². The van der Waals surface area contributed by atoms with Gasteiger partial charge in [-0.25, -0.2) is 0 Å². The molecule has 26 heavy (non-hydrogen) atoms. The van der Waals surface area contributed by atoms with Gasteiger partial charge >= 0.3 is 0 Å². The molecule has 0 bridgehead atoms. The molecule has 2 rings (SSSR count). The number of guanidine groups is 1. The molecule has 0 radical (unpaired) electrons. The van der Waals surface area contributed by atoms with Crippen LogP contribution in [0.25, 0.3) is 0 Å². The molecular formula is C20H28IN3O2. The molecule has 0 aliphatic rings. The minimum absolute atomic E-state index is 0. The SMILES string of the molecule is CCOCc1ccccc1CNC(=NC)NCc1ccccc1OC.I. The van der Waals surface area contributed by atoms with E-state index < -0.39 is 0 Å². The van der Waals surface area contributed by atoms with Crippen LogP contribution in [0.3, 0.4) is 0 Å². The second kappa shape index (κ2) is 12.5. The molecule has 0 atom stereocenters. The molecule has 0 heterocycles. The number of methoxy groups -OCH3 is 1. The predicted molar refractivity (Wildman–Crippen MR) is 117 cm³/mol. The number of aliphatic imine (C=N–C) groups is 1. The summed E-state index contributed by atoms with van der Waals surface area (Å²) in [5, 5.41) is 6.67. The summed E-state index contributed by atoms with van der Waals surface area (Å²) in [7, 11) is 3.45. The normalized spacial score (nSPS) is 10.8. The molecule has 142 valence electrons. The summed E-state index contributed by atoms with van der Waals surface area (Å²) in [5.41, 5.74) is 3.48. The first-order chi connectivity index (χ1) is 12.3. The van der Waals surface area contributed by atoms with Crippen molar-refractivity contribution in [2.45, 2.75) is 26.6 Å². The van der Waals surface area contributed by atoms with Crippen molar-refractivity contribution >= 4 is 29.9 Å². The van der Waals surface area contributed by atoms with E-state index >= 15 is 0 Å². The highest BCUT2D eigenvalue weighted by Crippen LogP contribution is 2.16. The van der Waals surface area contributed by atoms with Crippen LogP contribution in [0.15, 0.2) is 53.5 Å². The lowest BCUT2D eigenvalue weighted by molar-refractivity contribution is 0.133. The van der Waals surface area contributed by atoms with Gasteiger partial charge in [0.05, 0.1) is 13.7 Å². The van der Waals surface area contributed by atoms with Gasteiger partial charge < -0.3 is 20.1 Å². The highest BCUT2D eigenvalue weighted by Gasteiger charge is 2.05. The van der Waals surface area contributed by atoms with E-state index in [-0.39, 0.29) is 24.0 Å². The molecule has 0 saturated carbocycles. The standard InChI is InChI=1S/C20H27N3O2.HI/c1-4-25-15-18-11-6-5-9-16(18)13-22-20(21-2)23-14-17-10-7-8-12-19(17)24-3;/h5-12H,4,13-15H2,1-3H3,(H2,21,22,23);1H. The van der Waals surface area contributed by atoms with Crippen LogP contribution in [0.5, 0.6) is 5.75 Å². The molecule has 0 aromatic heterocycles. The maximum atomic E-state index is 5.54. The van der Waals surface area contributed by atoms with Gasteiger partial charge in [-0.15, -0.1) is 24.0 Å². The van der Waals surface area contributed by atoms with Crippen molar-refractivity contribution in [3.63, 3.8) is 0 Å². The molecule has 0 aliphatic heterocycles. The minimum Gasteiger partial charge on any atom is -0.496 e. The van der Waals surface area contributed by atoms with Crippen LogP contribution in [0, 0.1) is 0 Å². The monoisotopic (exact) mass is 469 g/mol. The number of hydrogen-bond donors (Lipinski definition) is 2. The molecule has 2 N–H and O–H groups in total. The zero-order valence-electron chi connectivity index (χ0n) is 15.6. The van der Waals surface area contributed by atoms with Gasteiger partial charge in [0, 0.05) is 32.3 Å². The Bertz CT molecular complexity index is 692. The van der Waals surface area contributed by atoms with Gasteiger partial charge in [-0.1, -0.05) is 42.5 Å². The highest BCUT2D eigenvalue weighted by molar-refractivity contribution is 14.0. The van der Waals surface area contributed by atoms with Crippen molar-refractivity contribution in [2.75, 3.05) is 20.8 Å². The Hall–Kier alpha value is -1.80. The fourth-order valence-electron chi connectivity index (χ4n) is 2.51. The Morgan fingerprint density at radius 1 is 0.923 bits per heavy atom. The number of halogens is 1. The zero-order chi connectivity index (χ0) is 17.9. The molecule has 0 aliphatic carbocycles. The molecule has 6 heteroatoms. The maximum Gasteiger partial charge on any atom is 0.191 e. The van der Waals surface area contributed by atoms with Crippen molar-refractivity contribution in [1.29, 1.82) is 0 Å². The van der Waals surface area contributed by atoms with Crippen LogP contribution in [0.1, 0.15) is 23.6 Å². The Kier molecular flexibility index (Phi) is 10.7. The number of para-hydroxylation sites is 1. The van der Waals surface area contributed by atoms with Crippen molar-refractivity contribution in [2.24, 2.45) is 4.99 Å². The smallest absolute Gasteiger partial charge is 0.191 e. The van der Waals surface area contributed by atoms with Gasteiger partial charge in [-0.2, -0.15) is 0 Å². The second-order valence-corrected chi connectivity index (χ2v) is 5.50. The number of benzene rings is 2. The summed E-state index contributed by atoms with van der Waals surface area (Å²) in [6, 6.07) is 16.2. The minimum atomic E-state index is 0. The van der Waals surface area contributed by atoms with Crippen molar-refractivity contribution in [3.05, 3.63) is 65.2 Å². The number of nitrogens with zero attached hydrogens (tertiary/aromatic N) is 1. The number of ether oxygens (including phenoxy) is 2. The van der Waals surface area contributed by atoms with Crippen molar-refractivity contribution in [1.82, 2.24) is 10.6 Å². The third kappa shape index (κ3) is 6.84. The quantitative estimate of drug-likeness (QED) is 0.352. The Morgan fingerprint density at radius 3 is 2.12 bits per heavy atom. The van der Waals surface area contributed by atoms with E-state index in [1.54, 1.807) is 14.2 Å². The van der Waals surface area contributed by atoms with Gasteiger partial charge in [0.25, 0.3) is 0 Å². The average Bonchev–Trinajstić information content (AvgIpc) is 2.67. The van der Waals surface area contributed by atoms with Crippen LogP contribution in [-0.2, 0) is 24.4 Å². The zero-order valence-corrected chi connectivity index (χ0v) is 17.9. The average molecular weight is 469 g/mol. The molecule has 0 spiro atoms. The fourth-order valence-corrected chi connectivity index (χ4v) is 2.51. The maximum absolute atomic E-state index is 5.54. The van der Waals surface area contributed by atoms with Crippen LogP contribution in [0.2, 0.25) is 0 Å². The fraction of sp³-hybridized carbons (Fsp3) is 0.350. The molecule has 0 unspecified atom stereocenters. The van der Waals surface area contributed by atoms with Gasteiger partial charge in [0.2, 0.25) is 0 Å². The Labute approximate surface area is 173 Å². The summed E-state index contributed by atoms with van der Waals surface area (Å²) in [4.78, 5) is 4.29. The molecule has 2 aromatic rings. The van der Waals surface area contributed by atoms with Gasteiger partial charge in [0.1, 0.15) is 5.75 Å². The summed E-state index contributed by atoms with van der Waals surface area (Å²) >= 11 is 0. The Morgan fingerprint density at radius 2 is 1.50 bits per heavy atom. The van der Waals surface area contributed by atoms with E-state index in [1.165, 1.54) is 11.1 Å². The second-order valence-electron chi connectivity index (χ2n) is 5.50. The van der Waals surface area contributed by atoms with Crippen LogP contribution in [0.4, 0.5) is 0 Å². The molecular weight excluding hydrogens is 441 g/mol. The highest BCUT2D eigenvalue weighted by atomic mass is 127. The lowest BCUT2D eigenvalue weighted by atomic mass is 10.1. The lowest BCUT2D eigenvalue weighted by Crippen LogP contribution is -2.36. The first-order valence-corrected chi connectivity index (χ1v) is 8.49. The van der Waals surface area contributed by atoms with E-state index in [0.29, 0.717) is 26.3 Å². The van der Waals surface area contributed by atoms with Gasteiger partial charge in [0.15, 0.2) is 5.96 Å². The summed E-state index contributed by atoms with van der Waals surface area (Å²) in [6.45, 7) is 4.68. The van der Waals surface area contributed by atoms with Gasteiger partial charge in [-0.3, -0.25) is 4.99 Å². The first kappa shape index (κ1) is 22.2.